The summed E-state index contributed by atoms with van der Waals surface area (Å²) in [6, 6.07) is 8.72. The summed E-state index contributed by atoms with van der Waals surface area (Å²) >= 11 is 3.35. The molecule has 0 amide bonds. The van der Waals surface area contributed by atoms with Crippen LogP contribution >= 0.6 is 15.9 Å². The summed E-state index contributed by atoms with van der Waals surface area (Å²) in [7, 11) is 0. The van der Waals surface area contributed by atoms with E-state index in [2.05, 4.69) is 25.9 Å². The highest BCUT2D eigenvalue weighted by molar-refractivity contribution is 9.10. The lowest BCUT2D eigenvalue weighted by Gasteiger charge is -2.09. The maximum atomic E-state index is 12.6. The molecule has 3 rings (SSSR count). The lowest BCUT2D eigenvalue weighted by molar-refractivity contribution is -0.137. The number of aromatic nitrogens is 2. The van der Waals surface area contributed by atoms with Crippen LogP contribution in [0.2, 0.25) is 0 Å². The fourth-order valence-corrected chi connectivity index (χ4v) is 2.43. The van der Waals surface area contributed by atoms with E-state index in [0.29, 0.717) is 16.9 Å². The van der Waals surface area contributed by atoms with Gasteiger partial charge in [-0.3, -0.25) is 0 Å². The smallest absolute Gasteiger partial charge is 0.398 e. The third kappa shape index (κ3) is 2.61. The van der Waals surface area contributed by atoms with Crippen molar-refractivity contribution >= 4 is 32.7 Å². The molecule has 0 aliphatic rings. The summed E-state index contributed by atoms with van der Waals surface area (Å²) in [5, 5.41) is 0. The Kier molecular flexibility index (Phi) is 3.16. The summed E-state index contributed by atoms with van der Waals surface area (Å²) in [6.45, 7) is 0. The molecule has 2 aromatic carbocycles. The topological polar surface area (TPSA) is 54.7 Å². The Labute approximate surface area is 126 Å². The zero-order chi connectivity index (χ0) is 15.2. The average Bonchev–Trinajstić information content (AvgIpc) is 2.80. The van der Waals surface area contributed by atoms with Crippen molar-refractivity contribution in [2.45, 2.75) is 6.18 Å². The molecular formula is C14H9BrF3N3. The van der Waals surface area contributed by atoms with Gasteiger partial charge >= 0.3 is 6.18 Å². The number of fused-ring (bicyclic) bond motifs is 1. The molecule has 0 atom stereocenters. The van der Waals surface area contributed by atoms with E-state index in [1.165, 1.54) is 6.07 Å². The largest absolute Gasteiger partial charge is 0.416 e. The van der Waals surface area contributed by atoms with Gasteiger partial charge in [-0.2, -0.15) is 13.2 Å². The normalized spacial score (nSPS) is 12.0. The van der Waals surface area contributed by atoms with Gasteiger partial charge in [0.15, 0.2) is 0 Å². The monoisotopic (exact) mass is 355 g/mol. The van der Waals surface area contributed by atoms with Crippen LogP contribution in [0.15, 0.2) is 40.9 Å². The highest BCUT2D eigenvalue weighted by Gasteiger charge is 2.31. The standard InChI is InChI=1S/C14H9BrF3N3/c15-8-2-4-11-12(6-8)21-13(20-11)9-3-1-7(5-10(9)19)14(16,17)18/h1-6H,19H2,(H,20,21). The van der Waals surface area contributed by atoms with Gasteiger partial charge in [-0.1, -0.05) is 15.9 Å². The fraction of sp³-hybridized carbons (Fsp3) is 0.0714. The number of benzene rings is 2. The van der Waals surface area contributed by atoms with Crippen LogP contribution in [0.25, 0.3) is 22.4 Å². The molecule has 21 heavy (non-hydrogen) atoms. The first kappa shape index (κ1) is 13.9. The number of rotatable bonds is 1. The number of anilines is 1. The third-order valence-corrected chi connectivity index (χ3v) is 3.57. The summed E-state index contributed by atoms with van der Waals surface area (Å²) in [5.41, 5.74) is 6.92. The number of H-pyrrole nitrogens is 1. The zero-order valence-corrected chi connectivity index (χ0v) is 12.1. The van der Waals surface area contributed by atoms with Crippen LogP contribution in [0.4, 0.5) is 18.9 Å². The minimum atomic E-state index is -4.41. The van der Waals surface area contributed by atoms with E-state index < -0.39 is 11.7 Å². The molecule has 0 spiro atoms. The summed E-state index contributed by atoms with van der Waals surface area (Å²) in [5.74, 6) is 0.439. The van der Waals surface area contributed by atoms with Gasteiger partial charge in [0.05, 0.1) is 16.6 Å². The molecule has 1 heterocycles. The van der Waals surface area contributed by atoms with Crippen LogP contribution in [0.5, 0.6) is 0 Å². The first-order valence-corrected chi connectivity index (χ1v) is 6.76. The van der Waals surface area contributed by atoms with Crippen LogP contribution in [0.3, 0.4) is 0 Å². The molecule has 3 nitrogen and oxygen atoms in total. The van der Waals surface area contributed by atoms with Gasteiger partial charge in [-0.05, 0) is 36.4 Å². The molecule has 0 aliphatic carbocycles. The molecule has 3 aromatic rings. The van der Waals surface area contributed by atoms with Crippen molar-refractivity contribution in [1.29, 1.82) is 0 Å². The summed E-state index contributed by atoms with van der Waals surface area (Å²) in [4.78, 5) is 7.39. The van der Waals surface area contributed by atoms with E-state index in [1.807, 2.05) is 12.1 Å². The molecule has 0 fully saturated rings. The van der Waals surface area contributed by atoms with E-state index >= 15 is 0 Å². The van der Waals surface area contributed by atoms with Gasteiger partial charge in [0.25, 0.3) is 0 Å². The van der Waals surface area contributed by atoms with E-state index in [9.17, 15) is 13.2 Å². The van der Waals surface area contributed by atoms with Crippen LogP contribution in [0.1, 0.15) is 5.56 Å². The molecule has 1 aromatic heterocycles. The van der Waals surface area contributed by atoms with Gasteiger partial charge < -0.3 is 10.7 Å². The van der Waals surface area contributed by atoms with Gasteiger partial charge in [0.1, 0.15) is 5.82 Å². The van der Waals surface area contributed by atoms with E-state index in [0.717, 1.165) is 22.1 Å². The first-order chi connectivity index (χ1) is 9.84. The first-order valence-electron chi connectivity index (χ1n) is 5.97. The third-order valence-electron chi connectivity index (χ3n) is 3.08. The lowest BCUT2D eigenvalue weighted by atomic mass is 10.1. The number of nitrogens with one attached hydrogen (secondary N) is 1. The quantitative estimate of drug-likeness (QED) is 0.627. The fourth-order valence-electron chi connectivity index (χ4n) is 2.06. The maximum Gasteiger partial charge on any atom is 0.416 e. The van der Waals surface area contributed by atoms with Crippen LogP contribution in [-0.2, 0) is 6.18 Å². The van der Waals surface area contributed by atoms with Crippen molar-refractivity contribution in [2.75, 3.05) is 5.73 Å². The van der Waals surface area contributed by atoms with Crippen LogP contribution in [-0.4, -0.2) is 9.97 Å². The number of hydrogen-bond acceptors (Lipinski definition) is 2. The molecule has 0 saturated heterocycles. The highest BCUT2D eigenvalue weighted by atomic mass is 79.9. The molecular weight excluding hydrogens is 347 g/mol. The van der Waals surface area contributed by atoms with E-state index in [-0.39, 0.29) is 5.69 Å². The molecule has 0 saturated carbocycles. The predicted octanol–water partition coefficient (Wildman–Crippen LogP) is 4.59. The molecule has 7 heteroatoms. The van der Waals surface area contributed by atoms with Gasteiger partial charge in [0, 0.05) is 15.7 Å². The second-order valence-electron chi connectivity index (χ2n) is 4.55. The minimum Gasteiger partial charge on any atom is -0.398 e. The maximum absolute atomic E-state index is 12.6. The minimum absolute atomic E-state index is 0.0305. The Morgan fingerprint density at radius 3 is 2.52 bits per heavy atom. The number of nitrogens with zero attached hydrogens (tertiary/aromatic N) is 1. The van der Waals surface area contributed by atoms with Crippen molar-refractivity contribution in [1.82, 2.24) is 9.97 Å². The molecule has 0 radical (unpaired) electrons. The number of imidazole rings is 1. The second-order valence-corrected chi connectivity index (χ2v) is 5.46. The van der Waals surface area contributed by atoms with Gasteiger partial charge in [-0.25, -0.2) is 4.98 Å². The van der Waals surface area contributed by atoms with E-state index in [1.54, 1.807) is 6.07 Å². The SMILES string of the molecule is Nc1cc(C(F)(F)F)ccc1-c1nc2ccc(Br)cc2[nH]1. The summed E-state index contributed by atoms with van der Waals surface area (Å²) in [6.07, 6.45) is -4.41. The highest BCUT2D eigenvalue weighted by Crippen LogP contribution is 2.34. The number of halogens is 4. The van der Waals surface area contributed by atoms with Crippen molar-refractivity contribution in [2.24, 2.45) is 0 Å². The molecule has 108 valence electrons. The van der Waals surface area contributed by atoms with Gasteiger partial charge in [-0.15, -0.1) is 0 Å². The average molecular weight is 356 g/mol. The van der Waals surface area contributed by atoms with E-state index in [4.69, 9.17) is 5.73 Å². The Morgan fingerprint density at radius 1 is 1.10 bits per heavy atom. The second kappa shape index (κ2) is 4.77. The van der Waals surface area contributed by atoms with Crippen LogP contribution < -0.4 is 5.73 Å². The lowest BCUT2D eigenvalue weighted by Crippen LogP contribution is -2.06. The number of nitrogens with two attached hydrogens (primary N) is 1. The molecule has 0 bridgehead atoms. The van der Waals surface area contributed by atoms with Crippen molar-refractivity contribution in [3.05, 3.63) is 46.4 Å². The number of alkyl halides is 3. The van der Waals surface area contributed by atoms with Crippen molar-refractivity contribution in [3.63, 3.8) is 0 Å². The number of aromatic amines is 1. The van der Waals surface area contributed by atoms with Gasteiger partial charge in [0.2, 0.25) is 0 Å². The van der Waals surface area contributed by atoms with Crippen molar-refractivity contribution < 1.29 is 13.2 Å². The predicted molar refractivity (Wildman–Crippen MR) is 78.6 cm³/mol. The zero-order valence-electron chi connectivity index (χ0n) is 10.5. The number of nitrogen functional groups attached to an aromatic ring is 1. The molecule has 0 aliphatic heterocycles. The Morgan fingerprint density at radius 2 is 1.86 bits per heavy atom. The Bertz CT molecular complexity index is 824. The molecule has 0 unspecified atom stereocenters. The van der Waals surface area contributed by atoms with Crippen molar-refractivity contribution in [3.8, 4) is 11.4 Å². The number of hydrogen-bond donors (Lipinski definition) is 2. The van der Waals surface area contributed by atoms with Crippen LogP contribution in [0, 0.1) is 0 Å². The Hall–Kier alpha value is -2.02. The Balaban J connectivity index is 2.10. The summed E-state index contributed by atoms with van der Waals surface area (Å²) < 4.78 is 38.8. The molecule has 3 N–H and O–H groups in total.